The molecule has 2 N–H and O–H groups in total. The summed E-state index contributed by atoms with van der Waals surface area (Å²) in [6.07, 6.45) is 2.61. The number of nitro benzene ring substituents is 1. The van der Waals surface area contributed by atoms with E-state index in [-0.39, 0.29) is 11.2 Å². The average Bonchev–Trinajstić information content (AvgIpc) is 3.49. The van der Waals surface area contributed by atoms with E-state index >= 15 is 0 Å². The zero-order valence-electron chi connectivity index (χ0n) is 20.7. The van der Waals surface area contributed by atoms with Gasteiger partial charge in [0, 0.05) is 52.1 Å². The molecule has 0 fully saturated rings. The highest BCUT2D eigenvalue weighted by Crippen LogP contribution is 2.26. The van der Waals surface area contributed by atoms with Crippen LogP contribution in [0.15, 0.2) is 82.7 Å². The molecule has 0 radical (unpaired) electrons. The van der Waals surface area contributed by atoms with Crippen LogP contribution in [0.3, 0.4) is 0 Å². The summed E-state index contributed by atoms with van der Waals surface area (Å²) in [6, 6.07) is 18.9. The Morgan fingerprint density at radius 1 is 1.11 bits per heavy atom. The Bertz CT molecular complexity index is 1710. The molecule has 0 unspecified atom stereocenters. The second-order valence-electron chi connectivity index (χ2n) is 8.73. The van der Waals surface area contributed by atoms with Crippen molar-refractivity contribution in [3.63, 3.8) is 0 Å². The summed E-state index contributed by atoms with van der Waals surface area (Å²) in [6.45, 7) is 2.28. The quantitative estimate of drug-likeness (QED) is 0.147. The predicted octanol–water partition coefficient (Wildman–Crippen LogP) is 5.94. The van der Waals surface area contributed by atoms with Crippen LogP contribution < -0.4 is 10.3 Å². The summed E-state index contributed by atoms with van der Waals surface area (Å²) in [5.41, 5.74) is 4.59. The molecule has 0 bridgehead atoms. The van der Waals surface area contributed by atoms with Crippen LogP contribution in [-0.2, 0) is 6.42 Å². The molecule has 0 saturated carbocycles. The SMILES string of the molecule is COc1ccc(-c2[nH]n(-c3ccc([N+](=O)[O-])cc3)c(=O)c2C(C)=NCCc2c[nH]c3ccc(Cl)cc23)cc1. The molecule has 2 heterocycles. The lowest BCUT2D eigenvalue weighted by atomic mass is 10.0. The van der Waals surface area contributed by atoms with E-state index in [0.29, 0.717) is 46.4 Å². The number of benzene rings is 3. The van der Waals surface area contributed by atoms with Crippen molar-refractivity contribution in [2.24, 2.45) is 4.99 Å². The fourth-order valence-corrected chi connectivity index (χ4v) is 4.60. The number of ether oxygens (including phenoxy) is 1. The predicted molar refractivity (Wildman–Crippen MR) is 149 cm³/mol. The van der Waals surface area contributed by atoms with Gasteiger partial charge in [-0.15, -0.1) is 0 Å². The number of non-ortho nitro benzene ring substituents is 1. The monoisotopic (exact) mass is 529 g/mol. The van der Waals surface area contributed by atoms with Crippen molar-refractivity contribution in [2.45, 2.75) is 13.3 Å². The zero-order chi connectivity index (χ0) is 26.8. The maximum absolute atomic E-state index is 13.6. The van der Waals surface area contributed by atoms with Crippen molar-refractivity contribution in [3.05, 3.63) is 110 Å². The van der Waals surface area contributed by atoms with Crippen LogP contribution in [0.25, 0.3) is 27.8 Å². The molecule has 0 spiro atoms. The fourth-order valence-electron chi connectivity index (χ4n) is 4.43. The molecular formula is C28H24ClN5O4. The fraction of sp³-hybridized carbons (Fsp3) is 0.143. The Morgan fingerprint density at radius 2 is 1.84 bits per heavy atom. The molecule has 0 aliphatic carbocycles. The van der Waals surface area contributed by atoms with E-state index in [2.05, 4.69) is 10.1 Å². The highest BCUT2D eigenvalue weighted by atomic mass is 35.5. The van der Waals surface area contributed by atoms with E-state index < -0.39 is 4.92 Å². The van der Waals surface area contributed by atoms with Gasteiger partial charge in [-0.2, -0.15) is 0 Å². The second kappa shape index (κ2) is 10.4. The van der Waals surface area contributed by atoms with Gasteiger partial charge in [0.1, 0.15) is 5.75 Å². The van der Waals surface area contributed by atoms with E-state index in [9.17, 15) is 14.9 Å². The van der Waals surface area contributed by atoms with Gasteiger partial charge in [0.2, 0.25) is 0 Å². The number of nitro groups is 1. The number of nitrogens with zero attached hydrogens (tertiary/aromatic N) is 3. The number of methoxy groups -OCH3 is 1. The van der Waals surface area contributed by atoms with Crippen molar-refractivity contribution in [1.82, 2.24) is 14.8 Å². The first-order chi connectivity index (χ1) is 18.4. The minimum Gasteiger partial charge on any atom is -0.497 e. The molecule has 2 aromatic heterocycles. The summed E-state index contributed by atoms with van der Waals surface area (Å²) in [4.78, 5) is 32.2. The molecule has 0 aliphatic rings. The lowest BCUT2D eigenvalue weighted by Crippen LogP contribution is -2.20. The summed E-state index contributed by atoms with van der Waals surface area (Å²) in [7, 11) is 1.59. The van der Waals surface area contributed by atoms with Crippen molar-refractivity contribution < 1.29 is 9.66 Å². The molecule has 0 aliphatic heterocycles. The number of rotatable bonds is 8. The smallest absolute Gasteiger partial charge is 0.280 e. The highest BCUT2D eigenvalue weighted by Gasteiger charge is 2.20. The van der Waals surface area contributed by atoms with Crippen molar-refractivity contribution >= 4 is 33.9 Å². The van der Waals surface area contributed by atoms with Gasteiger partial charge in [0.05, 0.1) is 29.0 Å². The number of aromatic amines is 2. The van der Waals surface area contributed by atoms with E-state index in [0.717, 1.165) is 22.0 Å². The van der Waals surface area contributed by atoms with Crippen molar-refractivity contribution in [2.75, 3.05) is 13.7 Å². The van der Waals surface area contributed by atoms with Crippen LogP contribution in [0.4, 0.5) is 5.69 Å². The number of nitrogens with one attached hydrogen (secondary N) is 2. The van der Waals surface area contributed by atoms with Crippen LogP contribution in [0.1, 0.15) is 18.1 Å². The number of hydrogen-bond donors (Lipinski definition) is 2. The van der Waals surface area contributed by atoms with Crippen molar-refractivity contribution in [1.29, 1.82) is 0 Å². The third-order valence-electron chi connectivity index (χ3n) is 6.41. The van der Waals surface area contributed by atoms with Crippen LogP contribution in [0.2, 0.25) is 5.02 Å². The molecule has 38 heavy (non-hydrogen) atoms. The number of aliphatic imine (C=N–C) groups is 1. The third kappa shape index (κ3) is 4.83. The van der Waals surface area contributed by atoms with Crippen LogP contribution in [-0.4, -0.2) is 39.1 Å². The van der Waals surface area contributed by atoms with E-state index in [1.54, 1.807) is 7.11 Å². The Hall–Kier alpha value is -4.63. The van der Waals surface area contributed by atoms with Gasteiger partial charge in [0.25, 0.3) is 11.2 Å². The van der Waals surface area contributed by atoms with Gasteiger partial charge >= 0.3 is 0 Å². The second-order valence-corrected chi connectivity index (χ2v) is 9.16. The molecule has 5 rings (SSSR count). The first kappa shape index (κ1) is 25.0. The van der Waals surface area contributed by atoms with E-state index in [1.165, 1.54) is 28.9 Å². The van der Waals surface area contributed by atoms with Gasteiger partial charge in [-0.3, -0.25) is 25.0 Å². The summed E-state index contributed by atoms with van der Waals surface area (Å²) >= 11 is 6.18. The lowest BCUT2D eigenvalue weighted by Gasteiger charge is -2.05. The molecule has 5 aromatic rings. The van der Waals surface area contributed by atoms with Crippen LogP contribution in [0, 0.1) is 10.1 Å². The highest BCUT2D eigenvalue weighted by molar-refractivity contribution is 6.31. The van der Waals surface area contributed by atoms with E-state index in [4.69, 9.17) is 21.3 Å². The standard InChI is InChI=1S/C28H24ClN5O4/c1-17(30-14-13-19-16-31-25-12-5-20(29)15-24(19)25)26-27(18-3-10-23(38-2)11-4-18)32-33(28(26)35)21-6-8-22(9-7-21)34(36)37/h3-12,15-16,31-32H,13-14H2,1-2H3. The van der Waals surface area contributed by atoms with Gasteiger partial charge in [-0.05, 0) is 73.5 Å². The van der Waals surface area contributed by atoms with Gasteiger partial charge in [-0.1, -0.05) is 11.6 Å². The molecule has 192 valence electrons. The van der Waals surface area contributed by atoms with E-state index in [1.807, 2.05) is 55.6 Å². The van der Waals surface area contributed by atoms with Gasteiger partial charge < -0.3 is 9.72 Å². The van der Waals surface area contributed by atoms with Gasteiger partial charge in [0.15, 0.2) is 0 Å². The Morgan fingerprint density at radius 3 is 2.53 bits per heavy atom. The summed E-state index contributed by atoms with van der Waals surface area (Å²) in [5.74, 6) is 0.691. The van der Waals surface area contributed by atoms with Crippen LogP contribution in [0.5, 0.6) is 5.75 Å². The number of fused-ring (bicyclic) bond motifs is 1. The molecule has 0 atom stereocenters. The van der Waals surface area contributed by atoms with Gasteiger partial charge in [-0.25, -0.2) is 4.68 Å². The molecule has 0 amide bonds. The Labute approximate surface area is 222 Å². The summed E-state index contributed by atoms with van der Waals surface area (Å²) < 4.78 is 6.65. The maximum atomic E-state index is 13.6. The van der Waals surface area contributed by atoms with Crippen LogP contribution >= 0.6 is 11.6 Å². The molecule has 3 aromatic carbocycles. The summed E-state index contributed by atoms with van der Waals surface area (Å²) in [5, 5.41) is 16.0. The molecule has 9 nitrogen and oxygen atoms in total. The number of halogens is 1. The Kier molecular flexibility index (Phi) is 6.85. The molecular weight excluding hydrogens is 506 g/mol. The maximum Gasteiger partial charge on any atom is 0.280 e. The minimum atomic E-state index is -0.478. The number of hydrogen-bond acceptors (Lipinski definition) is 5. The number of H-pyrrole nitrogens is 2. The average molecular weight is 530 g/mol. The first-order valence-corrected chi connectivity index (χ1v) is 12.2. The Balaban J connectivity index is 1.52. The normalized spacial score (nSPS) is 11.7. The number of aromatic nitrogens is 3. The minimum absolute atomic E-state index is 0.0553. The lowest BCUT2D eigenvalue weighted by molar-refractivity contribution is -0.384. The first-order valence-electron chi connectivity index (χ1n) is 11.9. The van der Waals surface area contributed by atoms with Crippen molar-refractivity contribution in [3.8, 4) is 22.7 Å². The molecule has 10 heteroatoms. The third-order valence-corrected chi connectivity index (χ3v) is 6.64. The topological polar surface area (TPSA) is 118 Å². The largest absolute Gasteiger partial charge is 0.497 e. The zero-order valence-corrected chi connectivity index (χ0v) is 21.5. The molecule has 0 saturated heterocycles.